The molecule has 0 fully saturated rings. The van der Waals surface area contributed by atoms with Gasteiger partial charge in [-0.15, -0.1) is 0 Å². The Morgan fingerprint density at radius 3 is 2.72 bits per heavy atom. The van der Waals surface area contributed by atoms with E-state index in [4.69, 9.17) is 9.47 Å². The summed E-state index contributed by atoms with van der Waals surface area (Å²) in [5, 5.41) is 9.28. The highest BCUT2D eigenvalue weighted by Crippen LogP contribution is 2.33. The summed E-state index contributed by atoms with van der Waals surface area (Å²) in [4.78, 5) is 13.8. The van der Waals surface area contributed by atoms with E-state index in [1.54, 1.807) is 39.1 Å². The third-order valence-corrected chi connectivity index (χ3v) is 3.22. The molecule has 1 heterocycles. The highest BCUT2D eigenvalue weighted by atomic mass is 16.7. The van der Waals surface area contributed by atoms with E-state index in [0.717, 1.165) is 0 Å². The number of hydrogen-bond donors (Lipinski definition) is 1. The number of aliphatic hydroxyl groups excluding tert-OH is 1. The van der Waals surface area contributed by atoms with Crippen LogP contribution in [0.1, 0.15) is 24.2 Å². The average molecular weight is 251 g/mol. The molecular weight excluding hydrogens is 234 g/mol. The van der Waals surface area contributed by atoms with Crippen molar-refractivity contribution in [3.63, 3.8) is 0 Å². The summed E-state index contributed by atoms with van der Waals surface area (Å²) in [6.07, 6.45) is 0. The lowest BCUT2D eigenvalue weighted by Gasteiger charge is -2.34. The first kappa shape index (κ1) is 12.7. The van der Waals surface area contributed by atoms with E-state index in [-0.39, 0.29) is 19.3 Å². The Hall–Kier alpha value is -1.75. The highest BCUT2D eigenvalue weighted by molar-refractivity contribution is 5.95. The van der Waals surface area contributed by atoms with Crippen molar-refractivity contribution in [1.82, 2.24) is 4.90 Å². The first-order valence-electron chi connectivity index (χ1n) is 5.74. The third kappa shape index (κ3) is 2.13. The summed E-state index contributed by atoms with van der Waals surface area (Å²) in [5.74, 6) is 1.07. The topological polar surface area (TPSA) is 59.0 Å². The van der Waals surface area contributed by atoms with Gasteiger partial charge in [0.1, 0.15) is 0 Å². The van der Waals surface area contributed by atoms with Crippen molar-refractivity contribution in [2.24, 2.45) is 0 Å². The van der Waals surface area contributed by atoms with Crippen molar-refractivity contribution in [2.75, 3.05) is 20.4 Å². The minimum absolute atomic E-state index is 0.0974. The zero-order valence-electron chi connectivity index (χ0n) is 10.8. The van der Waals surface area contributed by atoms with Crippen molar-refractivity contribution in [3.8, 4) is 11.5 Å². The smallest absolute Gasteiger partial charge is 0.254 e. The predicted molar refractivity (Wildman–Crippen MR) is 65.8 cm³/mol. The van der Waals surface area contributed by atoms with Crippen LogP contribution in [0.4, 0.5) is 0 Å². The summed E-state index contributed by atoms with van der Waals surface area (Å²) >= 11 is 0. The number of amides is 1. The molecule has 0 unspecified atom stereocenters. The van der Waals surface area contributed by atoms with E-state index in [1.165, 1.54) is 4.90 Å². The van der Waals surface area contributed by atoms with Crippen LogP contribution in [-0.2, 0) is 0 Å². The van der Waals surface area contributed by atoms with Gasteiger partial charge in [-0.1, -0.05) is 0 Å². The SMILES string of the molecule is CN(C(=O)c1ccc2c(c1)OCO2)C(C)(C)CO. The van der Waals surface area contributed by atoms with Gasteiger partial charge in [0.05, 0.1) is 12.1 Å². The minimum Gasteiger partial charge on any atom is -0.454 e. The number of carbonyl (C=O) groups is 1. The van der Waals surface area contributed by atoms with Crippen molar-refractivity contribution in [2.45, 2.75) is 19.4 Å². The van der Waals surface area contributed by atoms with E-state index < -0.39 is 5.54 Å². The molecular formula is C13H17NO4. The molecule has 1 N–H and O–H groups in total. The number of likely N-dealkylation sites (N-methyl/N-ethyl adjacent to an activating group) is 1. The van der Waals surface area contributed by atoms with Crippen LogP contribution in [0, 0.1) is 0 Å². The number of rotatable bonds is 3. The van der Waals surface area contributed by atoms with Gasteiger partial charge in [-0.25, -0.2) is 0 Å². The summed E-state index contributed by atoms with van der Waals surface area (Å²) in [5.41, 5.74) is -0.0868. The normalized spacial score (nSPS) is 13.6. The Morgan fingerprint density at radius 2 is 2.06 bits per heavy atom. The highest BCUT2D eigenvalue weighted by Gasteiger charge is 2.28. The molecule has 1 aromatic rings. The van der Waals surface area contributed by atoms with Crippen molar-refractivity contribution in [1.29, 1.82) is 0 Å². The molecule has 0 spiro atoms. The molecule has 0 saturated heterocycles. The molecule has 5 heteroatoms. The molecule has 2 rings (SSSR count). The van der Waals surface area contributed by atoms with Crippen LogP contribution in [0.3, 0.4) is 0 Å². The van der Waals surface area contributed by atoms with Gasteiger partial charge in [0.25, 0.3) is 5.91 Å². The Morgan fingerprint density at radius 1 is 1.39 bits per heavy atom. The molecule has 1 aromatic carbocycles. The summed E-state index contributed by atoms with van der Waals surface area (Å²) in [6.45, 7) is 3.69. The average Bonchev–Trinajstić information content (AvgIpc) is 2.84. The predicted octanol–water partition coefficient (Wildman–Crippen LogP) is 1.26. The molecule has 0 radical (unpaired) electrons. The number of ether oxygens (including phenoxy) is 2. The number of hydrogen-bond acceptors (Lipinski definition) is 4. The van der Waals surface area contributed by atoms with Gasteiger partial charge in [-0.2, -0.15) is 0 Å². The Balaban J connectivity index is 2.24. The molecule has 0 saturated carbocycles. The Bertz CT molecular complexity index is 470. The van der Waals surface area contributed by atoms with Crippen LogP contribution in [0.15, 0.2) is 18.2 Å². The minimum atomic E-state index is -0.604. The fraction of sp³-hybridized carbons (Fsp3) is 0.462. The van der Waals surface area contributed by atoms with E-state index in [1.807, 2.05) is 0 Å². The number of aliphatic hydroxyl groups is 1. The summed E-state index contributed by atoms with van der Waals surface area (Å²) in [7, 11) is 1.67. The zero-order chi connectivity index (χ0) is 13.3. The lowest BCUT2D eigenvalue weighted by atomic mass is 10.0. The lowest BCUT2D eigenvalue weighted by molar-refractivity contribution is 0.0473. The van der Waals surface area contributed by atoms with Gasteiger partial charge >= 0.3 is 0 Å². The fourth-order valence-corrected chi connectivity index (χ4v) is 1.60. The van der Waals surface area contributed by atoms with E-state index in [9.17, 15) is 9.90 Å². The van der Waals surface area contributed by atoms with Gasteiger partial charge in [-0.3, -0.25) is 4.79 Å². The number of nitrogens with zero attached hydrogens (tertiary/aromatic N) is 1. The van der Waals surface area contributed by atoms with Crippen LogP contribution >= 0.6 is 0 Å². The maximum atomic E-state index is 12.3. The van der Waals surface area contributed by atoms with Crippen LogP contribution in [-0.4, -0.2) is 41.9 Å². The molecule has 0 bridgehead atoms. The second-order valence-electron chi connectivity index (χ2n) is 4.90. The number of carbonyl (C=O) groups excluding carboxylic acids is 1. The quantitative estimate of drug-likeness (QED) is 0.878. The molecule has 0 aromatic heterocycles. The van der Waals surface area contributed by atoms with Crippen molar-refractivity contribution < 1.29 is 19.4 Å². The van der Waals surface area contributed by atoms with E-state index >= 15 is 0 Å². The second kappa shape index (κ2) is 4.49. The van der Waals surface area contributed by atoms with E-state index in [2.05, 4.69) is 0 Å². The Labute approximate surface area is 106 Å². The summed E-state index contributed by atoms with van der Waals surface area (Å²) < 4.78 is 10.4. The standard InChI is InChI=1S/C13H17NO4/c1-13(2,7-15)14(3)12(16)9-4-5-10-11(6-9)18-8-17-10/h4-6,15H,7-8H2,1-3H3. The molecule has 98 valence electrons. The van der Waals surface area contributed by atoms with Crippen molar-refractivity contribution >= 4 is 5.91 Å². The second-order valence-corrected chi connectivity index (χ2v) is 4.90. The maximum Gasteiger partial charge on any atom is 0.254 e. The molecule has 18 heavy (non-hydrogen) atoms. The zero-order valence-corrected chi connectivity index (χ0v) is 10.8. The van der Waals surface area contributed by atoms with Gasteiger partial charge in [-0.05, 0) is 32.0 Å². The first-order chi connectivity index (χ1) is 8.45. The summed E-state index contributed by atoms with van der Waals surface area (Å²) in [6, 6.07) is 5.07. The first-order valence-corrected chi connectivity index (χ1v) is 5.74. The van der Waals surface area contributed by atoms with Crippen molar-refractivity contribution in [3.05, 3.63) is 23.8 Å². The van der Waals surface area contributed by atoms with Crippen LogP contribution in [0.5, 0.6) is 11.5 Å². The van der Waals surface area contributed by atoms with Gasteiger partial charge in [0.2, 0.25) is 6.79 Å². The fourth-order valence-electron chi connectivity index (χ4n) is 1.60. The third-order valence-electron chi connectivity index (χ3n) is 3.22. The largest absolute Gasteiger partial charge is 0.454 e. The molecule has 1 amide bonds. The van der Waals surface area contributed by atoms with Crippen LogP contribution < -0.4 is 9.47 Å². The van der Waals surface area contributed by atoms with Gasteiger partial charge in [0.15, 0.2) is 11.5 Å². The van der Waals surface area contributed by atoms with Crippen LogP contribution in [0.25, 0.3) is 0 Å². The van der Waals surface area contributed by atoms with Crippen LogP contribution in [0.2, 0.25) is 0 Å². The molecule has 0 aliphatic carbocycles. The number of benzene rings is 1. The Kier molecular flexibility index (Phi) is 3.17. The number of fused-ring (bicyclic) bond motifs is 1. The monoisotopic (exact) mass is 251 g/mol. The van der Waals surface area contributed by atoms with E-state index in [0.29, 0.717) is 17.1 Å². The molecule has 1 aliphatic rings. The van der Waals surface area contributed by atoms with Gasteiger partial charge < -0.3 is 19.5 Å². The lowest BCUT2D eigenvalue weighted by Crippen LogP contribution is -2.47. The molecule has 5 nitrogen and oxygen atoms in total. The van der Waals surface area contributed by atoms with Gasteiger partial charge in [0, 0.05) is 12.6 Å². The maximum absolute atomic E-state index is 12.3. The molecule has 1 aliphatic heterocycles. The molecule has 0 atom stereocenters.